The van der Waals surface area contributed by atoms with Gasteiger partial charge in [-0.05, 0) is 42.8 Å². The summed E-state index contributed by atoms with van der Waals surface area (Å²) in [7, 11) is 0. The third kappa shape index (κ3) is 2.58. The Bertz CT molecular complexity index is 756. The number of nitrogens with zero attached hydrogens (tertiary/aromatic N) is 2. The number of fused-ring (bicyclic) bond motifs is 1. The number of halogens is 1. The van der Waals surface area contributed by atoms with Gasteiger partial charge < -0.3 is 5.32 Å². The predicted molar refractivity (Wildman–Crippen MR) is 83.1 cm³/mol. The summed E-state index contributed by atoms with van der Waals surface area (Å²) < 4.78 is 0. The van der Waals surface area contributed by atoms with Crippen molar-refractivity contribution in [3.05, 3.63) is 65.1 Å². The average molecular weight is 284 g/mol. The van der Waals surface area contributed by atoms with Crippen LogP contribution in [0.2, 0.25) is 5.02 Å². The van der Waals surface area contributed by atoms with Crippen molar-refractivity contribution >= 4 is 28.2 Å². The number of nitrogens with one attached hydrogen (secondary N) is 1. The molecule has 0 aliphatic carbocycles. The third-order valence-electron chi connectivity index (χ3n) is 3.27. The highest BCUT2D eigenvalue weighted by Crippen LogP contribution is 2.24. The zero-order valence-electron chi connectivity index (χ0n) is 11.1. The number of rotatable bonds is 3. The summed E-state index contributed by atoms with van der Waals surface area (Å²) in [6, 6.07) is 11.7. The highest BCUT2D eigenvalue weighted by Gasteiger charge is 2.04. The minimum absolute atomic E-state index is 0.689. The second-order valence-corrected chi connectivity index (χ2v) is 5.08. The van der Waals surface area contributed by atoms with Crippen molar-refractivity contribution < 1.29 is 0 Å². The molecule has 3 rings (SSSR count). The maximum atomic E-state index is 5.99. The van der Waals surface area contributed by atoms with E-state index in [0.29, 0.717) is 11.6 Å². The second kappa shape index (κ2) is 5.47. The lowest BCUT2D eigenvalue weighted by atomic mass is 10.1. The zero-order valence-corrected chi connectivity index (χ0v) is 11.9. The molecule has 2 heterocycles. The second-order valence-electron chi connectivity index (χ2n) is 4.64. The van der Waals surface area contributed by atoms with Crippen LogP contribution < -0.4 is 5.32 Å². The van der Waals surface area contributed by atoms with E-state index in [-0.39, 0.29) is 0 Å². The quantitative estimate of drug-likeness (QED) is 0.783. The van der Waals surface area contributed by atoms with Gasteiger partial charge in [-0.25, -0.2) is 0 Å². The van der Waals surface area contributed by atoms with Crippen LogP contribution in [0.1, 0.15) is 11.3 Å². The van der Waals surface area contributed by atoms with Crippen LogP contribution in [0.25, 0.3) is 10.9 Å². The van der Waals surface area contributed by atoms with Gasteiger partial charge in [-0.3, -0.25) is 9.97 Å². The minimum Gasteiger partial charge on any atom is -0.379 e. The van der Waals surface area contributed by atoms with E-state index in [1.807, 2.05) is 36.5 Å². The van der Waals surface area contributed by atoms with Crippen LogP contribution in [0.5, 0.6) is 0 Å². The molecule has 0 atom stereocenters. The molecule has 100 valence electrons. The summed E-state index contributed by atoms with van der Waals surface area (Å²) in [6.07, 6.45) is 3.60. The lowest BCUT2D eigenvalue weighted by molar-refractivity contribution is 1.02. The van der Waals surface area contributed by atoms with E-state index in [2.05, 4.69) is 28.3 Å². The molecule has 2 aromatic heterocycles. The van der Waals surface area contributed by atoms with Crippen molar-refractivity contribution in [2.75, 3.05) is 5.32 Å². The van der Waals surface area contributed by atoms with E-state index in [1.165, 1.54) is 5.56 Å². The Morgan fingerprint density at radius 1 is 1.10 bits per heavy atom. The van der Waals surface area contributed by atoms with Crippen LogP contribution in [-0.2, 0) is 6.54 Å². The summed E-state index contributed by atoms with van der Waals surface area (Å²) in [5.74, 6) is 0. The molecule has 3 aromatic rings. The average Bonchev–Trinajstić information content (AvgIpc) is 2.46. The lowest BCUT2D eigenvalue weighted by Gasteiger charge is -2.10. The topological polar surface area (TPSA) is 37.8 Å². The van der Waals surface area contributed by atoms with Crippen molar-refractivity contribution in [3.63, 3.8) is 0 Å². The normalized spacial score (nSPS) is 10.7. The van der Waals surface area contributed by atoms with Crippen LogP contribution in [0.4, 0.5) is 5.69 Å². The van der Waals surface area contributed by atoms with Crippen molar-refractivity contribution in [1.82, 2.24) is 9.97 Å². The van der Waals surface area contributed by atoms with Gasteiger partial charge in [0.2, 0.25) is 0 Å². The van der Waals surface area contributed by atoms with E-state index in [4.69, 9.17) is 11.6 Å². The molecule has 0 spiro atoms. The first-order valence-corrected chi connectivity index (χ1v) is 6.80. The van der Waals surface area contributed by atoms with Gasteiger partial charge in [-0.1, -0.05) is 17.7 Å². The smallest absolute Gasteiger partial charge is 0.0737 e. The molecule has 4 heteroatoms. The van der Waals surface area contributed by atoms with Crippen molar-refractivity contribution in [3.8, 4) is 0 Å². The molecular weight excluding hydrogens is 270 g/mol. The first-order chi connectivity index (χ1) is 9.74. The van der Waals surface area contributed by atoms with Crippen LogP contribution in [0, 0.1) is 6.92 Å². The molecule has 0 aliphatic heterocycles. The Hall–Kier alpha value is -2.13. The van der Waals surface area contributed by atoms with Crippen LogP contribution in [0.3, 0.4) is 0 Å². The standard InChI is InChI=1S/C16H14ClN3/c1-11-3-2-7-18-16(11)10-20-14-6-8-19-15-9-12(17)4-5-13(14)15/h2-9H,10H2,1H3,(H,19,20). The van der Waals surface area contributed by atoms with E-state index < -0.39 is 0 Å². The molecule has 1 aromatic carbocycles. The van der Waals surface area contributed by atoms with Gasteiger partial charge in [-0.2, -0.15) is 0 Å². The highest BCUT2D eigenvalue weighted by molar-refractivity contribution is 6.31. The van der Waals surface area contributed by atoms with E-state index in [0.717, 1.165) is 22.3 Å². The van der Waals surface area contributed by atoms with E-state index in [1.54, 1.807) is 6.20 Å². The molecule has 0 radical (unpaired) electrons. The van der Waals surface area contributed by atoms with E-state index >= 15 is 0 Å². The van der Waals surface area contributed by atoms with Gasteiger partial charge in [0.25, 0.3) is 0 Å². The minimum atomic E-state index is 0.689. The number of anilines is 1. The van der Waals surface area contributed by atoms with Crippen molar-refractivity contribution in [1.29, 1.82) is 0 Å². The highest BCUT2D eigenvalue weighted by atomic mass is 35.5. The van der Waals surface area contributed by atoms with Crippen LogP contribution in [0.15, 0.2) is 48.8 Å². The predicted octanol–water partition coefficient (Wildman–Crippen LogP) is 4.20. The molecule has 1 N–H and O–H groups in total. The largest absolute Gasteiger partial charge is 0.379 e. The van der Waals surface area contributed by atoms with Crippen LogP contribution >= 0.6 is 11.6 Å². The Morgan fingerprint density at radius 2 is 2.00 bits per heavy atom. The monoisotopic (exact) mass is 283 g/mol. The Morgan fingerprint density at radius 3 is 2.85 bits per heavy atom. The fourth-order valence-electron chi connectivity index (χ4n) is 2.16. The molecule has 0 aliphatic rings. The maximum Gasteiger partial charge on any atom is 0.0737 e. The molecule has 0 saturated heterocycles. The molecule has 0 unspecified atom stereocenters. The summed E-state index contributed by atoms with van der Waals surface area (Å²) in [6.45, 7) is 2.75. The van der Waals surface area contributed by atoms with Gasteiger partial charge in [0.15, 0.2) is 0 Å². The van der Waals surface area contributed by atoms with E-state index in [9.17, 15) is 0 Å². The van der Waals surface area contributed by atoms with Gasteiger partial charge in [0.05, 0.1) is 17.8 Å². The molecule has 0 fully saturated rings. The Balaban J connectivity index is 1.90. The van der Waals surface area contributed by atoms with Gasteiger partial charge >= 0.3 is 0 Å². The first-order valence-electron chi connectivity index (χ1n) is 6.43. The molecule has 20 heavy (non-hydrogen) atoms. The summed E-state index contributed by atoms with van der Waals surface area (Å²) in [5, 5.41) is 5.18. The molecular formula is C16H14ClN3. The SMILES string of the molecule is Cc1cccnc1CNc1ccnc2cc(Cl)ccc12. The zero-order chi connectivity index (χ0) is 13.9. The summed E-state index contributed by atoms with van der Waals surface area (Å²) >= 11 is 5.99. The molecule has 3 nitrogen and oxygen atoms in total. The molecule has 0 bridgehead atoms. The maximum absolute atomic E-state index is 5.99. The third-order valence-corrected chi connectivity index (χ3v) is 3.50. The fraction of sp³-hybridized carbons (Fsp3) is 0.125. The van der Waals surface area contributed by atoms with Gasteiger partial charge in [-0.15, -0.1) is 0 Å². The number of pyridine rings is 2. The number of hydrogen-bond donors (Lipinski definition) is 1. The Labute approximate surface area is 122 Å². The molecule has 0 amide bonds. The first kappa shape index (κ1) is 12.9. The van der Waals surface area contributed by atoms with Crippen LogP contribution in [-0.4, -0.2) is 9.97 Å². The number of benzene rings is 1. The number of aryl methyl sites for hydroxylation is 1. The lowest BCUT2D eigenvalue weighted by Crippen LogP contribution is -2.04. The summed E-state index contributed by atoms with van der Waals surface area (Å²) in [5.41, 5.74) is 4.16. The number of aromatic nitrogens is 2. The van der Waals surface area contributed by atoms with Crippen molar-refractivity contribution in [2.24, 2.45) is 0 Å². The van der Waals surface area contributed by atoms with Gasteiger partial charge in [0.1, 0.15) is 0 Å². The van der Waals surface area contributed by atoms with Crippen molar-refractivity contribution in [2.45, 2.75) is 13.5 Å². The summed E-state index contributed by atoms with van der Waals surface area (Å²) in [4.78, 5) is 8.72. The molecule has 0 saturated carbocycles. The fourth-order valence-corrected chi connectivity index (χ4v) is 2.32. The van der Waals surface area contributed by atoms with Gasteiger partial charge in [0, 0.05) is 28.5 Å². The Kier molecular flexibility index (Phi) is 3.52. The number of hydrogen-bond acceptors (Lipinski definition) is 3.